The zero-order valence-corrected chi connectivity index (χ0v) is 28.3. The molecule has 0 amide bonds. The van der Waals surface area contributed by atoms with E-state index in [4.69, 9.17) is 0 Å². The fourth-order valence-corrected chi connectivity index (χ4v) is 9.55. The summed E-state index contributed by atoms with van der Waals surface area (Å²) in [4.78, 5) is 0. The van der Waals surface area contributed by atoms with Crippen LogP contribution in [0.25, 0.3) is 120 Å². The van der Waals surface area contributed by atoms with E-state index in [9.17, 15) is 0 Å². The predicted octanol–water partition coefficient (Wildman–Crippen LogP) is 14.7. The molecule has 0 saturated carbocycles. The molecular formula is C52H30. The average Bonchev–Trinajstić information content (AvgIpc) is 3.54. The van der Waals surface area contributed by atoms with Gasteiger partial charge in [0.15, 0.2) is 0 Å². The lowest BCUT2D eigenvalue weighted by atomic mass is 9.81. The van der Waals surface area contributed by atoms with Crippen molar-refractivity contribution < 1.29 is 0 Å². The van der Waals surface area contributed by atoms with Crippen LogP contribution in [0.15, 0.2) is 182 Å². The van der Waals surface area contributed by atoms with E-state index >= 15 is 0 Å². The Bertz CT molecular complexity index is 3230. The normalized spacial score (nSPS) is 12.2. The highest BCUT2D eigenvalue weighted by Gasteiger charge is 2.25. The minimum atomic E-state index is 1.23. The van der Waals surface area contributed by atoms with E-state index in [1.54, 1.807) is 0 Å². The Labute approximate surface area is 301 Å². The average molecular weight is 655 g/mol. The smallest absolute Gasteiger partial charge is 0.00199 e. The van der Waals surface area contributed by atoms with Gasteiger partial charge in [0, 0.05) is 0 Å². The van der Waals surface area contributed by atoms with Gasteiger partial charge in [-0.05, 0) is 126 Å². The second-order valence-electron chi connectivity index (χ2n) is 14.3. The van der Waals surface area contributed by atoms with Crippen LogP contribution in [0.3, 0.4) is 0 Å². The fraction of sp³-hybridized carbons (Fsp3) is 0. The van der Waals surface area contributed by atoms with Gasteiger partial charge in [-0.25, -0.2) is 0 Å². The second-order valence-corrected chi connectivity index (χ2v) is 14.3. The Balaban J connectivity index is 1.24. The van der Waals surface area contributed by atoms with Crippen LogP contribution in [0.1, 0.15) is 0 Å². The van der Waals surface area contributed by atoms with Gasteiger partial charge in [-0.1, -0.05) is 176 Å². The summed E-state index contributed by atoms with van der Waals surface area (Å²) in [6.45, 7) is 0. The molecular weight excluding hydrogens is 625 g/mol. The van der Waals surface area contributed by atoms with Crippen LogP contribution in [0.2, 0.25) is 0 Å². The van der Waals surface area contributed by atoms with Crippen molar-refractivity contribution >= 4 is 64.6 Å². The van der Waals surface area contributed by atoms with Gasteiger partial charge in [0.25, 0.3) is 0 Å². The van der Waals surface area contributed by atoms with Gasteiger partial charge in [0.05, 0.1) is 0 Å². The minimum absolute atomic E-state index is 1.23. The lowest BCUT2D eigenvalue weighted by Crippen LogP contribution is -1.94. The summed E-state index contributed by atoms with van der Waals surface area (Å²) in [7, 11) is 0. The van der Waals surface area contributed by atoms with Crippen molar-refractivity contribution in [2.24, 2.45) is 0 Å². The maximum absolute atomic E-state index is 2.45. The molecule has 1 aliphatic rings. The molecule has 0 N–H and O–H groups in total. The predicted molar refractivity (Wildman–Crippen MR) is 223 cm³/mol. The van der Waals surface area contributed by atoms with Gasteiger partial charge in [-0.2, -0.15) is 0 Å². The molecule has 11 aromatic carbocycles. The van der Waals surface area contributed by atoms with Crippen LogP contribution in [-0.4, -0.2) is 0 Å². The van der Waals surface area contributed by atoms with Crippen LogP contribution in [-0.2, 0) is 0 Å². The molecule has 52 heavy (non-hydrogen) atoms. The summed E-state index contributed by atoms with van der Waals surface area (Å²) in [5, 5.41) is 15.6. The molecule has 0 aliphatic heterocycles. The summed E-state index contributed by atoms with van der Waals surface area (Å²) >= 11 is 0. The first kappa shape index (κ1) is 28.0. The Hall–Kier alpha value is -6.76. The zero-order valence-electron chi connectivity index (χ0n) is 28.3. The van der Waals surface area contributed by atoms with Gasteiger partial charge in [-0.15, -0.1) is 0 Å². The Morgan fingerprint density at radius 2 is 0.692 bits per heavy atom. The molecule has 0 atom stereocenters. The lowest BCUT2D eigenvalue weighted by Gasteiger charge is -2.21. The standard InChI is InChI=1S/C52H30/c1-2-10-31(11-3-1)35-24-27-46-47(30-35)52(45-29-28-42-37-15-5-4-14-36(37)38-18-9-19-41(45)50(38)42)40-17-7-6-16-39(40)51(46)44-26-23-34-21-20-32-12-8-13-33-22-25-43(44)49(34)48(32)33/h1-30H. The topological polar surface area (TPSA) is 0 Å². The highest BCUT2D eigenvalue weighted by Crippen LogP contribution is 2.53. The van der Waals surface area contributed by atoms with Gasteiger partial charge >= 0.3 is 0 Å². The third-order valence-electron chi connectivity index (χ3n) is 11.7. The van der Waals surface area contributed by atoms with Crippen molar-refractivity contribution in [2.45, 2.75) is 0 Å². The molecule has 0 bridgehead atoms. The number of benzene rings is 11. The van der Waals surface area contributed by atoms with Gasteiger partial charge in [0.1, 0.15) is 0 Å². The van der Waals surface area contributed by atoms with E-state index in [0.717, 1.165) is 0 Å². The first-order valence-corrected chi connectivity index (χ1v) is 18.2. The lowest BCUT2D eigenvalue weighted by molar-refractivity contribution is 1.64. The van der Waals surface area contributed by atoms with Crippen molar-refractivity contribution in [1.29, 1.82) is 0 Å². The van der Waals surface area contributed by atoms with Gasteiger partial charge in [-0.3, -0.25) is 0 Å². The summed E-state index contributed by atoms with van der Waals surface area (Å²) in [6.07, 6.45) is 0. The van der Waals surface area contributed by atoms with Crippen LogP contribution < -0.4 is 0 Å². The van der Waals surface area contributed by atoms with Crippen LogP contribution in [0, 0.1) is 0 Å². The number of hydrogen-bond donors (Lipinski definition) is 0. The Morgan fingerprint density at radius 1 is 0.212 bits per heavy atom. The number of hydrogen-bond acceptors (Lipinski definition) is 0. The third kappa shape index (κ3) is 3.71. The quantitative estimate of drug-likeness (QED) is 0.131. The largest absolute Gasteiger partial charge is 0.0622 e. The van der Waals surface area contributed by atoms with E-state index in [1.165, 1.54) is 120 Å². The van der Waals surface area contributed by atoms with E-state index in [-0.39, 0.29) is 0 Å². The van der Waals surface area contributed by atoms with Crippen molar-refractivity contribution in [2.75, 3.05) is 0 Å². The molecule has 0 unspecified atom stereocenters. The van der Waals surface area contributed by atoms with Crippen LogP contribution in [0.5, 0.6) is 0 Å². The SMILES string of the molecule is c1ccc(-c2ccc3c(-c4ccc5ccc6cccc7ccc4c5c67)c4ccccc4c(-c4ccc5c6c(cccc46)-c4ccccc4-5)c3c2)cc1. The summed E-state index contributed by atoms with van der Waals surface area (Å²) in [5.41, 5.74) is 12.9. The van der Waals surface area contributed by atoms with Gasteiger partial charge in [0.2, 0.25) is 0 Å². The molecule has 238 valence electrons. The Morgan fingerprint density at radius 3 is 1.46 bits per heavy atom. The highest BCUT2D eigenvalue weighted by atomic mass is 14.3. The maximum atomic E-state index is 2.45. The summed E-state index contributed by atoms with van der Waals surface area (Å²) in [5.74, 6) is 0. The molecule has 0 radical (unpaired) electrons. The van der Waals surface area contributed by atoms with Crippen molar-refractivity contribution in [1.82, 2.24) is 0 Å². The minimum Gasteiger partial charge on any atom is -0.0622 e. The molecule has 0 fully saturated rings. The molecule has 0 spiro atoms. The second kappa shape index (κ2) is 10.4. The number of rotatable bonds is 3. The third-order valence-corrected chi connectivity index (χ3v) is 11.7. The number of fused-ring (bicyclic) bond motifs is 5. The fourth-order valence-electron chi connectivity index (χ4n) is 9.55. The summed E-state index contributed by atoms with van der Waals surface area (Å²) in [6, 6.07) is 68.1. The molecule has 1 aliphatic carbocycles. The van der Waals surface area contributed by atoms with Crippen LogP contribution >= 0.6 is 0 Å². The molecule has 11 aromatic rings. The zero-order chi connectivity index (χ0) is 33.9. The van der Waals surface area contributed by atoms with E-state index in [1.807, 2.05) is 0 Å². The molecule has 0 saturated heterocycles. The van der Waals surface area contributed by atoms with E-state index in [2.05, 4.69) is 182 Å². The molecule has 12 rings (SSSR count). The van der Waals surface area contributed by atoms with E-state index in [0.29, 0.717) is 0 Å². The Kier molecular flexibility index (Phi) is 5.59. The molecule has 0 aromatic heterocycles. The molecule has 0 nitrogen and oxygen atoms in total. The van der Waals surface area contributed by atoms with Crippen LogP contribution in [0.4, 0.5) is 0 Å². The van der Waals surface area contributed by atoms with Crippen molar-refractivity contribution in [3.05, 3.63) is 182 Å². The first-order valence-electron chi connectivity index (χ1n) is 18.2. The van der Waals surface area contributed by atoms with Crippen molar-refractivity contribution in [3.63, 3.8) is 0 Å². The monoisotopic (exact) mass is 654 g/mol. The maximum Gasteiger partial charge on any atom is -0.00199 e. The van der Waals surface area contributed by atoms with Gasteiger partial charge < -0.3 is 0 Å². The van der Waals surface area contributed by atoms with E-state index < -0.39 is 0 Å². The highest BCUT2D eigenvalue weighted by molar-refractivity contribution is 6.31. The molecule has 0 heterocycles. The summed E-state index contributed by atoms with van der Waals surface area (Å²) < 4.78 is 0. The van der Waals surface area contributed by atoms with Crippen molar-refractivity contribution in [3.8, 4) is 55.6 Å². The molecule has 0 heteroatoms. The first-order chi connectivity index (χ1) is 25.8.